The van der Waals surface area contributed by atoms with Gasteiger partial charge in [0.05, 0.1) is 0 Å². The molecule has 1 fully saturated rings. The molecule has 2 aliphatic rings. The molecule has 0 aromatic heterocycles. The van der Waals surface area contributed by atoms with Crippen molar-refractivity contribution in [3.63, 3.8) is 0 Å². The van der Waals surface area contributed by atoms with Crippen LogP contribution in [-0.4, -0.2) is 34.9 Å². The second kappa shape index (κ2) is 9.44. The molecule has 1 unspecified atom stereocenters. The average Bonchev–Trinajstić information content (AvgIpc) is 3.00. The van der Waals surface area contributed by atoms with Crippen molar-refractivity contribution in [3.05, 3.63) is 41.0 Å². The Hall–Kier alpha value is -2.76. The van der Waals surface area contributed by atoms with E-state index >= 15 is 0 Å². The minimum atomic E-state index is -0.573. The fourth-order valence-corrected chi connectivity index (χ4v) is 3.76. The number of allylic oxidation sites excluding steroid dienone is 1. The number of fused-ring (bicyclic) bond motifs is 1. The quantitative estimate of drug-likeness (QED) is 0.404. The summed E-state index contributed by atoms with van der Waals surface area (Å²) < 4.78 is 0. The molecule has 2 aliphatic heterocycles. The summed E-state index contributed by atoms with van der Waals surface area (Å²) in [5.41, 5.74) is 2.60. The van der Waals surface area contributed by atoms with Crippen LogP contribution in [0.5, 0.6) is 0 Å². The molecule has 28 heavy (non-hydrogen) atoms. The largest absolute Gasteiger partial charge is 0.322 e. The van der Waals surface area contributed by atoms with Crippen LogP contribution in [0.15, 0.2) is 24.3 Å². The molecule has 1 saturated heterocycles. The fraction of sp³-hybridized carbons (Fsp3) is 0.455. The topological polar surface area (TPSA) is 83.6 Å². The summed E-state index contributed by atoms with van der Waals surface area (Å²) in [5, 5.41) is 2.32. The number of piperidine rings is 1. The highest BCUT2D eigenvalue weighted by molar-refractivity contribution is 6.05. The van der Waals surface area contributed by atoms with Gasteiger partial charge in [0.15, 0.2) is 0 Å². The molecule has 6 nitrogen and oxygen atoms in total. The maximum Gasteiger partial charge on any atom is 0.255 e. The minimum Gasteiger partial charge on any atom is -0.322 e. The minimum absolute atomic E-state index is 0.143. The number of carbonyl (C=O) groups is 4. The zero-order valence-corrected chi connectivity index (χ0v) is 16.0. The Morgan fingerprint density at radius 3 is 2.61 bits per heavy atom. The Balaban J connectivity index is 1.54. The van der Waals surface area contributed by atoms with Gasteiger partial charge < -0.3 is 9.69 Å². The third kappa shape index (κ3) is 4.74. The molecule has 2 heterocycles. The standard InChI is InChI=1S/C22H26N2O4/c25-13-7-5-3-1-2-4-6-8-16-9-10-18-17(14-16)15-24(22(18)28)19-11-12-20(26)23-21(19)27/h6,8-10,13-14,19H,1-5,7,11-12,15H2,(H,23,26,27)/b8-6+. The van der Waals surface area contributed by atoms with E-state index in [4.69, 9.17) is 0 Å². The summed E-state index contributed by atoms with van der Waals surface area (Å²) in [6.45, 7) is 0.402. The molecular formula is C22H26N2O4. The molecule has 1 aromatic carbocycles. The molecule has 1 N–H and O–H groups in total. The van der Waals surface area contributed by atoms with E-state index in [0.717, 1.165) is 49.5 Å². The molecule has 6 heteroatoms. The number of unbranched alkanes of at least 4 members (excludes halogenated alkanes) is 5. The Morgan fingerprint density at radius 2 is 1.86 bits per heavy atom. The van der Waals surface area contributed by atoms with Crippen LogP contribution >= 0.6 is 0 Å². The van der Waals surface area contributed by atoms with E-state index in [0.29, 0.717) is 24.9 Å². The highest BCUT2D eigenvalue weighted by Crippen LogP contribution is 2.28. The molecule has 0 radical (unpaired) electrons. The second-order valence-electron chi connectivity index (χ2n) is 7.38. The Morgan fingerprint density at radius 1 is 1.07 bits per heavy atom. The number of benzene rings is 1. The van der Waals surface area contributed by atoms with Crippen LogP contribution in [0.2, 0.25) is 0 Å². The lowest BCUT2D eigenvalue weighted by Crippen LogP contribution is -2.52. The van der Waals surface area contributed by atoms with E-state index in [1.807, 2.05) is 18.2 Å². The highest BCUT2D eigenvalue weighted by atomic mass is 16.2. The Labute approximate surface area is 165 Å². The molecule has 0 aliphatic carbocycles. The van der Waals surface area contributed by atoms with Crippen LogP contribution < -0.4 is 5.32 Å². The van der Waals surface area contributed by atoms with E-state index < -0.39 is 6.04 Å². The summed E-state index contributed by atoms with van der Waals surface area (Å²) in [4.78, 5) is 47.9. The summed E-state index contributed by atoms with van der Waals surface area (Å²) >= 11 is 0. The van der Waals surface area contributed by atoms with Crippen molar-refractivity contribution >= 4 is 30.1 Å². The van der Waals surface area contributed by atoms with Gasteiger partial charge in [-0.15, -0.1) is 0 Å². The van der Waals surface area contributed by atoms with E-state index in [2.05, 4.69) is 17.5 Å². The molecule has 0 spiro atoms. The highest BCUT2D eigenvalue weighted by Gasteiger charge is 2.38. The summed E-state index contributed by atoms with van der Waals surface area (Å²) in [6.07, 6.45) is 11.7. The van der Waals surface area contributed by atoms with Gasteiger partial charge in [-0.05, 0) is 48.9 Å². The first-order valence-corrected chi connectivity index (χ1v) is 9.98. The number of nitrogens with one attached hydrogen (secondary N) is 1. The predicted molar refractivity (Wildman–Crippen MR) is 105 cm³/mol. The fourth-order valence-electron chi connectivity index (χ4n) is 3.76. The van der Waals surface area contributed by atoms with Crippen LogP contribution in [-0.2, 0) is 20.9 Å². The van der Waals surface area contributed by atoms with Gasteiger partial charge in [0, 0.05) is 24.9 Å². The van der Waals surface area contributed by atoms with E-state index in [9.17, 15) is 19.2 Å². The average molecular weight is 382 g/mol. The second-order valence-corrected chi connectivity index (χ2v) is 7.38. The summed E-state index contributed by atoms with van der Waals surface area (Å²) in [7, 11) is 0. The maximum absolute atomic E-state index is 12.7. The maximum atomic E-state index is 12.7. The number of amides is 3. The van der Waals surface area contributed by atoms with Crippen LogP contribution in [0.25, 0.3) is 6.08 Å². The van der Waals surface area contributed by atoms with Crippen LogP contribution in [0, 0.1) is 0 Å². The first kappa shape index (κ1) is 20.0. The summed E-state index contributed by atoms with van der Waals surface area (Å²) in [6, 6.07) is 5.17. The zero-order valence-electron chi connectivity index (χ0n) is 16.0. The lowest BCUT2D eigenvalue weighted by Gasteiger charge is -2.29. The number of carbonyl (C=O) groups excluding carboxylic acids is 4. The Bertz CT molecular complexity index is 800. The van der Waals surface area contributed by atoms with Gasteiger partial charge in [-0.3, -0.25) is 19.7 Å². The lowest BCUT2D eigenvalue weighted by molar-refractivity contribution is -0.136. The van der Waals surface area contributed by atoms with Gasteiger partial charge in [-0.2, -0.15) is 0 Å². The van der Waals surface area contributed by atoms with Gasteiger partial charge in [-0.25, -0.2) is 0 Å². The van der Waals surface area contributed by atoms with Gasteiger partial charge in [0.1, 0.15) is 12.3 Å². The first-order chi connectivity index (χ1) is 13.6. The van der Waals surface area contributed by atoms with Crippen LogP contribution in [0.3, 0.4) is 0 Å². The number of aldehydes is 1. The molecule has 3 amide bonds. The van der Waals surface area contributed by atoms with Crippen molar-refractivity contribution in [1.29, 1.82) is 0 Å². The first-order valence-electron chi connectivity index (χ1n) is 9.98. The zero-order chi connectivity index (χ0) is 19.9. The van der Waals surface area contributed by atoms with Gasteiger partial charge in [-0.1, -0.05) is 31.1 Å². The van der Waals surface area contributed by atoms with Crippen molar-refractivity contribution in [2.45, 2.75) is 64.0 Å². The van der Waals surface area contributed by atoms with E-state index in [1.165, 1.54) is 0 Å². The van der Waals surface area contributed by atoms with Crippen LogP contribution in [0.1, 0.15) is 72.9 Å². The van der Waals surface area contributed by atoms with Crippen molar-refractivity contribution in [2.75, 3.05) is 0 Å². The van der Waals surface area contributed by atoms with Crippen molar-refractivity contribution in [1.82, 2.24) is 10.2 Å². The molecule has 1 atom stereocenters. The third-order valence-corrected chi connectivity index (χ3v) is 5.30. The number of imide groups is 1. The molecule has 1 aromatic rings. The smallest absolute Gasteiger partial charge is 0.255 e. The number of hydrogen-bond acceptors (Lipinski definition) is 4. The monoisotopic (exact) mass is 382 g/mol. The molecular weight excluding hydrogens is 356 g/mol. The van der Waals surface area contributed by atoms with Gasteiger partial charge in [0.25, 0.3) is 5.91 Å². The molecule has 148 valence electrons. The van der Waals surface area contributed by atoms with Crippen molar-refractivity contribution < 1.29 is 19.2 Å². The van der Waals surface area contributed by atoms with Crippen LogP contribution in [0.4, 0.5) is 0 Å². The SMILES string of the molecule is O=CCCCCCC/C=C/c1ccc2c(c1)CN(C1CCC(=O)NC1=O)C2=O. The summed E-state index contributed by atoms with van der Waals surface area (Å²) in [5.74, 6) is -0.803. The van der Waals surface area contributed by atoms with Gasteiger partial charge >= 0.3 is 0 Å². The lowest BCUT2D eigenvalue weighted by atomic mass is 10.0. The van der Waals surface area contributed by atoms with Gasteiger partial charge in [0.2, 0.25) is 11.8 Å². The van der Waals surface area contributed by atoms with Crippen molar-refractivity contribution in [3.8, 4) is 0 Å². The number of hydrogen-bond donors (Lipinski definition) is 1. The number of nitrogens with zero attached hydrogens (tertiary/aromatic N) is 1. The molecule has 3 rings (SSSR count). The Kier molecular flexibility index (Phi) is 6.74. The normalized spacial score (nSPS) is 19.2. The molecule has 0 saturated carbocycles. The predicted octanol–water partition coefficient (Wildman–Crippen LogP) is 3.00. The number of rotatable bonds is 9. The van der Waals surface area contributed by atoms with E-state index in [1.54, 1.807) is 4.90 Å². The molecule has 0 bridgehead atoms. The van der Waals surface area contributed by atoms with Crippen molar-refractivity contribution in [2.24, 2.45) is 0 Å². The van der Waals surface area contributed by atoms with E-state index in [-0.39, 0.29) is 24.1 Å². The third-order valence-electron chi connectivity index (χ3n) is 5.30.